The van der Waals surface area contributed by atoms with Crippen molar-refractivity contribution in [2.24, 2.45) is 0 Å². The SMILES string of the molecule is Cc1cc(N)cc(Cl)c1S(=O)(=O)[O-].Cc1cc(N)cc(Cl)c1S(=O)(=O)[O-].[Ca+2]. The Bertz CT molecular complexity index is 928. The van der Waals surface area contributed by atoms with E-state index in [1.165, 1.54) is 38.1 Å². The van der Waals surface area contributed by atoms with Gasteiger partial charge >= 0.3 is 37.7 Å². The second kappa shape index (κ2) is 9.95. The van der Waals surface area contributed by atoms with Gasteiger partial charge in [0, 0.05) is 11.4 Å². The van der Waals surface area contributed by atoms with Crippen molar-refractivity contribution in [2.75, 3.05) is 11.5 Å². The molecular formula is C14H14CaCl2N2O6S2. The summed E-state index contributed by atoms with van der Waals surface area (Å²) in [6.45, 7) is 2.93. The van der Waals surface area contributed by atoms with Gasteiger partial charge in [0.05, 0.1) is 19.8 Å². The molecule has 4 N–H and O–H groups in total. The van der Waals surface area contributed by atoms with E-state index in [4.69, 9.17) is 34.7 Å². The van der Waals surface area contributed by atoms with Gasteiger partial charge in [-0.1, -0.05) is 23.2 Å². The summed E-state index contributed by atoms with van der Waals surface area (Å²) in [6, 6.07) is 5.24. The molecular weight excluding hydrogens is 467 g/mol. The zero-order chi connectivity index (χ0) is 20.4. The van der Waals surface area contributed by atoms with Gasteiger partial charge in [-0.3, -0.25) is 0 Å². The number of nitrogen functional groups attached to an aromatic ring is 2. The molecule has 2 aromatic rings. The van der Waals surface area contributed by atoms with Gasteiger partial charge in [0.25, 0.3) is 0 Å². The molecule has 2 aromatic carbocycles. The molecule has 0 aromatic heterocycles. The van der Waals surface area contributed by atoms with Gasteiger partial charge in [0.15, 0.2) is 0 Å². The summed E-state index contributed by atoms with van der Waals surface area (Å²) < 4.78 is 64.2. The van der Waals surface area contributed by atoms with E-state index in [1.807, 2.05) is 0 Å². The van der Waals surface area contributed by atoms with Crippen LogP contribution in [0.2, 0.25) is 10.0 Å². The van der Waals surface area contributed by atoms with Gasteiger partial charge in [-0.15, -0.1) is 0 Å². The summed E-state index contributed by atoms with van der Waals surface area (Å²) in [5.41, 5.74) is 12.0. The molecule has 27 heavy (non-hydrogen) atoms. The Hall–Kier alpha value is -0.300. The Morgan fingerprint density at radius 2 is 1.00 bits per heavy atom. The Kier molecular flexibility index (Phi) is 9.84. The maximum absolute atomic E-state index is 10.7. The smallest absolute Gasteiger partial charge is 0.744 e. The second-order valence-electron chi connectivity index (χ2n) is 5.21. The van der Waals surface area contributed by atoms with Crippen LogP contribution >= 0.6 is 23.2 Å². The van der Waals surface area contributed by atoms with Gasteiger partial charge in [-0.2, -0.15) is 0 Å². The average molecular weight is 481 g/mol. The molecule has 0 radical (unpaired) electrons. The average Bonchev–Trinajstić information content (AvgIpc) is 2.32. The third-order valence-corrected chi connectivity index (χ3v) is 5.91. The Labute approximate surface area is 197 Å². The number of rotatable bonds is 2. The minimum absolute atomic E-state index is 0. The standard InChI is InChI=1S/2C7H8ClNO3S.Ca/c2*1-4-2-5(9)3-6(8)7(4)13(10,11)12;/h2*2-3H,9H2,1H3,(H,10,11,12);/q;;+2/p-2. The molecule has 0 bridgehead atoms. The molecule has 2 rings (SSSR count). The van der Waals surface area contributed by atoms with Gasteiger partial charge in [-0.05, 0) is 49.2 Å². The minimum Gasteiger partial charge on any atom is -0.744 e. The van der Waals surface area contributed by atoms with E-state index in [9.17, 15) is 25.9 Å². The normalized spacial score (nSPS) is 11.2. The van der Waals surface area contributed by atoms with Gasteiger partial charge in [0.1, 0.15) is 20.2 Å². The van der Waals surface area contributed by atoms with Crippen LogP contribution in [-0.2, 0) is 20.2 Å². The third kappa shape index (κ3) is 7.56. The van der Waals surface area contributed by atoms with Gasteiger partial charge in [-0.25, -0.2) is 16.8 Å². The van der Waals surface area contributed by atoms with E-state index in [1.54, 1.807) is 0 Å². The van der Waals surface area contributed by atoms with Crippen LogP contribution in [0.3, 0.4) is 0 Å². The van der Waals surface area contributed by atoms with Crippen molar-refractivity contribution in [3.63, 3.8) is 0 Å². The van der Waals surface area contributed by atoms with Crippen LogP contribution in [0.15, 0.2) is 34.1 Å². The molecule has 0 spiro atoms. The predicted octanol–water partition coefficient (Wildman–Crippen LogP) is 1.89. The topological polar surface area (TPSA) is 166 Å². The first kappa shape index (κ1) is 26.7. The van der Waals surface area contributed by atoms with Crippen molar-refractivity contribution in [1.29, 1.82) is 0 Å². The number of anilines is 2. The summed E-state index contributed by atoms with van der Waals surface area (Å²) in [4.78, 5) is -0.799. The molecule has 8 nitrogen and oxygen atoms in total. The van der Waals surface area contributed by atoms with Crippen molar-refractivity contribution in [2.45, 2.75) is 23.6 Å². The molecule has 0 amide bonds. The zero-order valence-corrected chi connectivity index (χ0v) is 19.5. The molecule has 0 fully saturated rings. The van der Waals surface area contributed by atoms with Crippen molar-refractivity contribution < 1.29 is 25.9 Å². The van der Waals surface area contributed by atoms with Crippen LogP contribution in [0.25, 0.3) is 0 Å². The second-order valence-corrected chi connectivity index (χ2v) is 8.65. The van der Waals surface area contributed by atoms with E-state index in [2.05, 4.69) is 0 Å². The fourth-order valence-electron chi connectivity index (χ4n) is 2.15. The summed E-state index contributed by atoms with van der Waals surface area (Å²) in [5, 5.41) is -0.264. The molecule has 0 aliphatic rings. The number of hydrogen-bond acceptors (Lipinski definition) is 8. The number of aryl methyl sites for hydroxylation is 2. The number of hydrogen-bond donors (Lipinski definition) is 2. The molecule has 0 saturated heterocycles. The minimum atomic E-state index is -4.52. The van der Waals surface area contributed by atoms with Crippen LogP contribution in [0.1, 0.15) is 11.1 Å². The summed E-state index contributed by atoms with van der Waals surface area (Å²) >= 11 is 11.1. The predicted molar refractivity (Wildman–Crippen MR) is 103 cm³/mol. The van der Waals surface area contributed by atoms with Crippen LogP contribution in [-0.4, -0.2) is 63.7 Å². The monoisotopic (exact) mass is 480 g/mol. The quantitative estimate of drug-likeness (QED) is 0.373. The largest absolute Gasteiger partial charge is 2.00 e. The molecule has 0 aliphatic carbocycles. The molecule has 144 valence electrons. The Morgan fingerprint density at radius 1 is 0.741 bits per heavy atom. The molecule has 0 atom stereocenters. The Morgan fingerprint density at radius 3 is 1.19 bits per heavy atom. The first-order valence-corrected chi connectivity index (χ1v) is 10.2. The number of benzene rings is 2. The molecule has 0 saturated carbocycles. The van der Waals surface area contributed by atoms with Crippen molar-refractivity contribution >= 4 is 92.6 Å². The van der Waals surface area contributed by atoms with Crippen LogP contribution in [0, 0.1) is 13.8 Å². The maximum atomic E-state index is 10.7. The van der Waals surface area contributed by atoms with Crippen LogP contribution in [0.5, 0.6) is 0 Å². The zero-order valence-electron chi connectivity index (χ0n) is 14.2. The van der Waals surface area contributed by atoms with E-state index < -0.39 is 30.0 Å². The molecule has 0 heterocycles. The maximum Gasteiger partial charge on any atom is 2.00 e. The molecule has 0 unspecified atom stereocenters. The Balaban J connectivity index is 0.000000483. The van der Waals surface area contributed by atoms with Gasteiger partial charge < -0.3 is 20.6 Å². The number of halogens is 2. The first-order chi connectivity index (χ1) is 11.6. The van der Waals surface area contributed by atoms with E-state index >= 15 is 0 Å². The van der Waals surface area contributed by atoms with Crippen LogP contribution < -0.4 is 11.5 Å². The fourth-order valence-corrected chi connectivity index (χ4v) is 4.77. The summed E-state index contributed by atoms with van der Waals surface area (Å²) in [7, 11) is -9.04. The first-order valence-electron chi connectivity index (χ1n) is 6.67. The molecule has 0 aliphatic heterocycles. The van der Waals surface area contributed by atoms with Crippen molar-refractivity contribution in [3.05, 3.63) is 45.4 Å². The van der Waals surface area contributed by atoms with E-state index in [0.29, 0.717) is 11.4 Å². The van der Waals surface area contributed by atoms with Gasteiger partial charge in [0.2, 0.25) is 0 Å². The van der Waals surface area contributed by atoms with E-state index in [-0.39, 0.29) is 58.9 Å². The third-order valence-electron chi connectivity index (χ3n) is 3.00. The fraction of sp³-hybridized carbons (Fsp3) is 0.143. The van der Waals surface area contributed by atoms with Crippen molar-refractivity contribution in [1.82, 2.24) is 0 Å². The number of nitrogens with two attached hydrogens (primary N) is 2. The summed E-state index contributed by atoms with van der Waals surface area (Å²) in [5.74, 6) is 0. The summed E-state index contributed by atoms with van der Waals surface area (Å²) in [6.07, 6.45) is 0. The van der Waals surface area contributed by atoms with E-state index in [0.717, 1.165) is 0 Å². The van der Waals surface area contributed by atoms with Crippen LogP contribution in [0.4, 0.5) is 11.4 Å². The molecule has 13 heteroatoms. The van der Waals surface area contributed by atoms with Crippen molar-refractivity contribution in [3.8, 4) is 0 Å².